The molecule has 3 aromatic rings. The summed E-state index contributed by atoms with van der Waals surface area (Å²) in [6.07, 6.45) is 2.79. The minimum absolute atomic E-state index is 0.0354. The van der Waals surface area contributed by atoms with Crippen LogP contribution in [0.15, 0.2) is 42.6 Å². The number of para-hydroxylation sites is 1. The molecule has 1 atom stereocenters. The number of aryl methyl sites for hydroxylation is 2. The fourth-order valence-corrected chi connectivity index (χ4v) is 4.09. The van der Waals surface area contributed by atoms with E-state index in [0.717, 1.165) is 40.4 Å². The van der Waals surface area contributed by atoms with E-state index < -0.39 is 0 Å². The van der Waals surface area contributed by atoms with Gasteiger partial charge in [0.15, 0.2) is 5.82 Å². The summed E-state index contributed by atoms with van der Waals surface area (Å²) in [5, 5.41) is 4.49. The normalized spacial score (nSPS) is 16.4. The number of anilines is 1. The molecule has 140 valence electrons. The van der Waals surface area contributed by atoms with E-state index >= 15 is 0 Å². The van der Waals surface area contributed by atoms with Gasteiger partial charge in [-0.05, 0) is 50.4 Å². The van der Waals surface area contributed by atoms with E-state index in [0.29, 0.717) is 19.0 Å². The fourth-order valence-electron chi connectivity index (χ4n) is 4.09. The molecule has 0 bridgehead atoms. The Morgan fingerprint density at radius 2 is 2.04 bits per heavy atom. The molecular formula is C21H25N5O. The lowest BCUT2D eigenvalue weighted by molar-refractivity contribution is 0.0983. The molecule has 0 spiro atoms. The second kappa shape index (κ2) is 6.70. The summed E-state index contributed by atoms with van der Waals surface area (Å²) in [5.41, 5.74) is 10.7. The fraction of sp³-hybridized carbons (Fsp3) is 0.333. The number of rotatable bonds is 3. The summed E-state index contributed by atoms with van der Waals surface area (Å²) >= 11 is 0. The molecule has 0 saturated heterocycles. The maximum absolute atomic E-state index is 13.4. The summed E-state index contributed by atoms with van der Waals surface area (Å²) in [7, 11) is 1.89. The molecule has 6 nitrogen and oxygen atoms in total. The molecule has 1 amide bonds. The molecule has 0 saturated carbocycles. The van der Waals surface area contributed by atoms with Gasteiger partial charge in [-0.2, -0.15) is 5.10 Å². The number of amides is 1. The van der Waals surface area contributed by atoms with E-state index in [1.165, 1.54) is 0 Å². The molecule has 1 unspecified atom stereocenters. The number of nitrogens with two attached hydrogens (primary N) is 1. The number of fused-ring (bicyclic) bond motifs is 1. The second-order valence-electron chi connectivity index (χ2n) is 7.20. The highest BCUT2D eigenvalue weighted by Crippen LogP contribution is 2.36. The standard InChI is InChI=1S/C21H25N5O/c1-14-12-18(15(2)26(14)20-9-10-24(3)23-20)21(27)25-11-8-16(13-22)17-6-4-5-7-19(17)25/h4-7,9-10,12,16H,8,11,13,22H2,1-3H3. The molecule has 27 heavy (non-hydrogen) atoms. The third-order valence-corrected chi connectivity index (χ3v) is 5.49. The summed E-state index contributed by atoms with van der Waals surface area (Å²) in [4.78, 5) is 15.3. The van der Waals surface area contributed by atoms with Crippen molar-refractivity contribution in [2.75, 3.05) is 18.0 Å². The smallest absolute Gasteiger partial charge is 0.260 e. The van der Waals surface area contributed by atoms with Crippen molar-refractivity contribution in [2.45, 2.75) is 26.2 Å². The molecule has 1 aliphatic rings. The van der Waals surface area contributed by atoms with Crippen LogP contribution >= 0.6 is 0 Å². The first kappa shape index (κ1) is 17.5. The number of carbonyl (C=O) groups excluding carboxylic acids is 1. The van der Waals surface area contributed by atoms with Gasteiger partial charge in [-0.3, -0.25) is 9.48 Å². The van der Waals surface area contributed by atoms with Crippen LogP contribution in [0.1, 0.15) is 39.6 Å². The van der Waals surface area contributed by atoms with E-state index in [2.05, 4.69) is 11.2 Å². The SMILES string of the molecule is Cc1cc(C(=O)N2CCC(CN)c3ccccc32)c(C)n1-c1ccn(C)n1. The molecular weight excluding hydrogens is 338 g/mol. The van der Waals surface area contributed by atoms with Gasteiger partial charge in [-0.25, -0.2) is 0 Å². The topological polar surface area (TPSA) is 69.1 Å². The second-order valence-corrected chi connectivity index (χ2v) is 7.20. The molecule has 0 fully saturated rings. The van der Waals surface area contributed by atoms with Gasteiger partial charge in [0.2, 0.25) is 0 Å². The van der Waals surface area contributed by atoms with Crippen LogP contribution in [-0.4, -0.2) is 33.3 Å². The summed E-state index contributed by atoms with van der Waals surface area (Å²) < 4.78 is 3.80. The number of hydrogen-bond acceptors (Lipinski definition) is 3. The van der Waals surface area contributed by atoms with Gasteiger partial charge in [-0.15, -0.1) is 0 Å². The lowest BCUT2D eigenvalue weighted by Gasteiger charge is -2.34. The van der Waals surface area contributed by atoms with Crippen molar-refractivity contribution in [2.24, 2.45) is 12.8 Å². The van der Waals surface area contributed by atoms with Crippen LogP contribution < -0.4 is 10.6 Å². The van der Waals surface area contributed by atoms with Crippen LogP contribution in [0.5, 0.6) is 0 Å². The highest BCUT2D eigenvalue weighted by molar-refractivity contribution is 6.07. The van der Waals surface area contributed by atoms with E-state index in [9.17, 15) is 4.79 Å². The van der Waals surface area contributed by atoms with Crippen LogP contribution in [0.25, 0.3) is 5.82 Å². The third-order valence-electron chi connectivity index (χ3n) is 5.49. The molecule has 1 aliphatic heterocycles. The van der Waals surface area contributed by atoms with Crippen molar-refractivity contribution in [1.29, 1.82) is 0 Å². The Bertz CT molecular complexity index is 1000. The maximum Gasteiger partial charge on any atom is 0.260 e. The number of aromatic nitrogens is 3. The van der Waals surface area contributed by atoms with Crippen molar-refractivity contribution < 1.29 is 4.79 Å². The van der Waals surface area contributed by atoms with E-state index in [-0.39, 0.29) is 5.91 Å². The largest absolute Gasteiger partial charge is 0.330 e. The predicted molar refractivity (Wildman–Crippen MR) is 107 cm³/mol. The van der Waals surface area contributed by atoms with Gasteiger partial charge in [-0.1, -0.05) is 18.2 Å². The van der Waals surface area contributed by atoms with Crippen LogP contribution in [0.3, 0.4) is 0 Å². The lowest BCUT2D eigenvalue weighted by Crippen LogP contribution is -2.38. The highest BCUT2D eigenvalue weighted by Gasteiger charge is 2.30. The first-order valence-corrected chi connectivity index (χ1v) is 9.31. The summed E-state index contributed by atoms with van der Waals surface area (Å²) in [6.45, 7) is 5.28. The zero-order chi connectivity index (χ0) is 19.1. The minimum Gasteiger partial charge on any atom is -0.330 e. The van der Waals surface area contributed by atoms with E-state index in [4.69, 9.17) is 5.73 Å². The van der Waals surface area contributed by atoms with Crippen molar-refractivity contribution in [3.05, 3.63) is 65.1 Å². The summed E-state index contributed by atoms with van der Waals surface area (Å²) in [6, 6.07) is 12.0. The molecule has 0 radical (unpaired) electrons. The Labute approximate surface area is 159 Å². The molecule has 2 N–H and O–H groups in total. The highest BCUT2D eigenvalue weighted by atomic mass is 16.2. The van der Waals surface area contributed by atoms with Crippen molar-refractivity contribution in [1.82, 2.24) is 14.3 Å². The van der Waals surface area contributed by atoms with Crippen LogP contribution in [0.4, 0.5) is 5.69 Å². The Hall–Kier alpha value is -2.86. The van der Waals surface area contributed by atoms with Gasteiger partial charge in [0, 0.05) is 42.9 Å². The molecule has 3 heterocycles. The number of carbonyl (C=O) groups is 1. The number of benzene rings is 1. The number of hydrogen-bond donors (Lipinski definition) is 1. The predicted octanol–water partition coefficient (Wildman–Crippen LogP) is 2.92. The molecule has 1 aromatic carbocycles. The van der Waals surface area contributed by atoms with Gasteiger partial charge in [0.25, 0.3) is 5.91 Å². The molecule has 4 rings (SSSR count). The quantitative estimate of drug-likeness (QED) is 0.778. The number of nitrogens with zero attached hydrogens (tertiary/aromatic N) is 4. The van der Waals surface area contributed by atoms with Gasteiger partial charge in [0.1, 0.15) is 0 Å². The third kappa shape index (κ3) is 2.86. The maximum atomic E-state index is 13.4. The van der Waals surface area contributed by atoms with Crippen molar-refractivity contribution >= 4 is 11.6 Å². The van der Waals surface area contributed by atoms with Gasteiger partial charge >= 0.3 is 0 Å². The Morgan fingerprint density at radius 3 is 2.74 bits per heavy atom. The van der Waals surface area contributed by atoms with E-state index in [1.807, 2.05) is 66.9 Å². The average Bonchev–Trinajstić information content (AvgIpc) is 3.22. The van der Waals surface area contributed by atoms with Crippen molar-refractivity contribution in [3.63, 3.8) is 0 Å². The first-order chi connectivity index (χ1) is 13.0. The van der Waals surface area contributed by atoms with E-state index in [1.54, 1.807) is 4.68 Å². The zero-order valence-electron chi connectivity index (χ0n) is 16.0. The Morgan fingerprint density at radius 1 is 1.26 bits per heavy atom. The molecule has 6 heteroatoms. The van der Waals surface area contributed by atoms with Crippen LogP contribution in [0, 0.1) is 13.8 Å². The van der Waals surface area contributed by atoms with Crippen molar-refractivity contribution in [3.8, 4) is 5.82 Å². The average molecular weight is 363 g/mol. The summed E-state index contributed by atoms with van der Waals surface area (Å²) in [5.74, 6) is 1.17. The Kier molecular flexibility index (Phi) is 4.36. The Balaban J connectivity index is 1.74. The lowest BCUT2D eigenvalue weighted by atomic mass is 9.89. The van der Waals surface area contributed by atoms with Gasteiger partial charge < -0.3 is 15.2 Å². The van der Waals surface area contributed by atoms with Crippen LogP contribution in [0.2, 0.25) is 0 Å². The first-order valence-electron chi connectivity index (χ1n) is 9.31. The molecule has 0 aliphatic carbocycles. The zero-order valence-corrected chi connectivity index (χ0v) is 16.0. The monoisotopic (exact) mass is 363 g/mol. The minimum atomic E-state index is 0.0354. The molecule has 2 aromatic heterocycles. The van der Waals surface area contributed by atoms with Crippen LogP contribution in [-0.2, 0) is 7.05 Å². The van der Waals surface area contributed by atoms with Gasteiger partial charge in [0.05, 0.1) is 5.56 Å².